The molecule has 4 nitrogen and oxygen atoms in total. The van der Waals surface area contributed by atoms with Gasteiger partial charge in [0.05, 0.1) is 0 Å². The van der Waals surface area contributed by atoms with Gasteiger partial charge in [-0.1, -0.05) is 38.1 Å². The molecular formula is C16H22N2O2. The SMILES string of the molecule is CCC(CC)C(=O)N1CCc2ccccc2C1C(N)=O. The number of nitrogens with zero attached hydrogens (tertiary/aromatic N) is 1. The lowest BCUT2D eigenvalue weighted by Gasteiger charge is -2.37. The van der Waals surface area contributed by atoms with Crippen LogP contribution in [0.15, 0.2) is 24.3 Å². The highest BCUT2D eigenvalue weighted by Gasteiger charge is 2.36. The number of fused-ring (bicyclic) bond motifs is 1. The summed E-state index contributed by atoms with van der Waals surface area (Å²) in [5.74, 6) is -0.424. The van der Waals surface area contributed by atoms with Gasteiger partial charge in [0.15, 0.2) is 0 Å². The number of rotatable bonds is 4. The summed E-state index contributed by atoms with van der Waals surface area (Å²) in [7, 11) is 0. The summed E-state index contributed by atoms with van der Waals surface area (Å²) in [4.78, 5) is 26.1. The van der Waals surface area contributed by atoms with Crippen LogP contribution in [0.3, 0.4) is 0 Å². The average Bonchev–Trinajstić information content (AvgIpc) is 2.46. The van der Waals surface area contributed by atoms with Gasteiger partial charge >= 0.3 is 0 Å². The van der Waals surface area contributed by atoms with Crippen LogP contribution >= 0.6 is 0 Å². The highest BCUT2D eigenvalue weighted by atomic mass is 16.2. The Balaban J connectivity index is 2.36. The maximum Gasteiger partial charge on any atom is 0.244 e. The summed E-state index contributed by atoms with van der Waals surface area (Å²) in [6.45, 7) is 4.58. The number of carbonyl (C=O) groups is 2. The normalized spacial score (nSPS) is 17.9. The third-order valence-electron chi connectivity index (χ3n) is 4.17. The van der Waals surface area contributed by atoms with E-state index in [1.807, 2.05) is 38.1 Å². The summed E-state index contributed by atoms with van der Waals surface area (Å²) in [5, 5.41) is 0. The second kappa shape index (κ2) is 6.07. The van der Waals surface area contributed by atoms with E-state index in [0.29, 0.717) is 6.54 Å². The van der Waals surface area contributed by atoms with Crippen molar-refractivity contribution in [3.05, 3.63) is 35.4 Å². The predicted octanol–water partition coefficient (Wildman–Crippen LogP) is 2.03. The van der Waals surface area contributed by atoms with Gasteiger partial charge in [0, 0.05) is 12.5 Å². The van der Waals surface area contributed by atoms with E-state index in [9.17, 15) is 9.59 Å². The van der Waals surface area contributed by atoms with Gasteiger partial charge in [0.2, 0.25) is 11.8 Å². The van der Waals surface area contributed by atoms with Gasteiger partial charge in [-0.05, 0) is 30.4 Å². The van der Waals surface area contributed by atoms with Crippen LogP contribution in [0.4, 0.5) is 0 Å². The third-order valence-corrected chi connectivity index (χ3v) is 4.17. The summed E-state index contributed by atoms with van der Waals surface area (Å²) in [5.41, 5.74) is 7.56. The van der Waals surface area contributed by atoms with Gasteiger partial charge in [0.25, 0.3) is 0 Å². The minimum absolute atomic E-state index is 0.0258. The molecular weight excluding hydrogens is 252 g/mol. The van der Waals surface area contributed by atoms with Crippen LogP contribution in [0, 0.1) is 5.92 Å². The van der Waals surface area contributed by atoms with Crippen molar-refractivity contribution >= 4 is 11.8 Å². The molecule has 1 aliphatic heterocycles. The first-order chi connectivity index (χ1) is 9.60. The number of primary amides is 1. The highest BCUT2D eigenvalue weighted by Crippen LogP contribution is 2.31. The Morgan fingerprint density at radius 2 is 1.95 bits per heavy atom. The molecule has 1 atom stereocenters. The molecule has 1 aromatic rings. The van der Waals surface area contributed by atoms with Crippen LogP contribution in [0.2, 0.25) is 0 Å². The van der Waals surface area contributed by atoms with Gasteiger partial charge in [-0.15, -0.1) is 0 Å². The van der Waals surface area contributed by atoms with Crippen molar-refractivity contribution in [2.75, 3.05) is 6.54 Å². The molecule has 0 bridgehead atoms. The minimum Gasteiger partial charge on any atom is -0.368 e. The fourth-order valence-electron chi connectivity index (χ4n) is 2.98. The molecule has 0 spiro atoms. The number of carbonyl (C=O) groups excluding carboxylic acids is 2. The van der Waals surface area contributed by atoms with Crippen LogP contribution in [0.25, 0.3) is 0 Å². The second-order valence-electron chi connectivity index (χ2n) is 5.30. The smallest absolute Gasteiger partial charge is 0.244 e. The Kier molecular flexibility index (Phi) is 4.42. The van der Waals surface area contributed by atoms with Crippen LogP contribution in [-0.2, 0) is 16.0 Å². The quantitative estimate of drug-likeness (QED) is 0.913. The van der Waals surface area contributed by atoms with Gasteiger partial charge < -0.3 is 10.6 Å². The lowest BCUT2D eigenvalue weighted by molar-refractivity contribution is -0.143. The van der Waals surface area contributed by atoms with Gasteiger partial charge in [0.1, 0.15) is 6.04 Å². The average molecular weight is 274 g/mol. The van der Waals surface area contributed by atoms with Crippen molar-refractivity contribution in [3.63, 3.8) is 0 Å². The maximum atomic E-state index is 12.6. The van der Waals surface area contributed by atoms with E-state index in [2.05, 4.69) is 0 Å². The Labute approximate surface area is 119 Å². The molecule has 4 heteroatoms. The van der Waals surface area contributed by atoms with Gasteiger partial charge in [-0.2, -0.15) is 0 Å². The van der Waals surface area contributed by atoms with Crippen LogP contribution < -0.4 is 5.73 Å². The molecule has 0 aliphatic carbocycles. The van der Waals surface area contributed by atoms with Gasteiger partial charge in [-0.25, -0.2) is 0 Å². The van der Waals surface area contributed by atoms with Gasteiger partial charge in [-0.3, -0.25) is 9.59 Å². The standard InChI is InChI=1S/C16H22N2O2/c1-3-11(4-2)16(20)18-10-9-12-7-5-6-8-13(12)14(18)15(17)19/h5-8,11,14H,3-4,9-10H2,1-2H3,(H2,17,19). The van der Waals surface area contributed by atoms with E-state index in [-0.39, 0.29) is 11.8 Å². The van der Waals surface area contributed by atoms with Crippen molar-refractivity contribution in [2.24, 2.45) is 11.7 Å². The van der Waals surface area contributed by atoms with E-state index in [0.717, 1.165) is 30.4 Å². The number of benzene rings is 1. The van der Waals surface area contributed by atoms with E-state index in [1.54, 1.807) is 4.90 Å². The number of amides is 2. The van der Waals surface area contributed by atoms with E-state index in [4.69, 9.17) is 5.73 Å². The molecule has 0 aromatic heterocycles. The van der Waals surface area contributed by atoms with Crippen molar-refractivity contribution in [3.8, 4) is 0 Å². The first kappa shape index (κ1) is 14.6. The zero-order valence-electron chi connectivity index (χ0n) is 12.1. The number of nitrogens with two attached hydrogens (primary N) is 1. The van der Waals surface area contributed by atoms with Crippen molar-refractivity contribution < 1.29 is 9.59 Å². The Morgan fingerprint density at radius 1 is 1.30 bits per heavy atom. The first-order valence-electron chi connectivity index (χ1n) is 7.27. The highest BCUT2D eigenvalue weighted by molar-refractivity contribution is 5.89. The van der Waals surface area contributed by atoms with Crippen LogP contribution in [0.1, 0.15) is 43.9 Å². The summed E-state index contributed by atoms with van der Waals surface area (Å²) >= 11 is 0. The largest absolute Gasteiger partial charge is 0.368 e. The molecule has 1 aromatic carbocycles. The molecule has 2 rings (SSSR count). The van der Waals surface area contributed by atoms with Crippen molar-refractivity contribution in [1.82, 2.24) is 4.90 Å². The van der Waals surface area contributed by atoms with Crippen molar-refractivity contribution in [2.45, 2.75) is 39.2 Å². The molecule has 2 amide bonds. The molecule has 2 N–H and O–H groups in total. The summed E-state index contributed by atoms with van der Waals surface area (Å²) in [6.07, 6.45) is 2.36. The van der Waals surface area contributed by atoms with E-state index in [1.165, 1.54) is 0 Å². The molecule has 0 fully saturated rings. The van der Waals surface area contributed by atoms with E-state index < -0.39 is 11.9 Å². The fraction of sp³-hybridized carbons (Fsp3) is 0.500. The maximum absolute atomic E-state index is 12.6. The zero-order valence-corrected chi connectivity index (χ0v) is 12.1. The Hall–Kier alpha value is -1.84. The molecule has 0 saturated carbocycles. The summed E-state index contributed by atoms with van der Waals surface area (Å²) < 4.78 is 0. The topological polar surface area (TPSA) is 63.4 Å². The lowest BCUT2D eigenvalue weighted by Crippen LogP contribution is -2.47. The lowest BCUT2D eigenvalue weighted by atomic mass is 9.90. The molecule has 1 heterocycles. The molecule has 108 valence electrons. The summed E-state index contributed by atoms with van der Waals surface area (Å²) in [6, 6.07) is 7.13. The number of hydrogen-bond donors (Lipinski definition) is 1. The molecule has 1 aliphatic rings. The molecule has 20 heavy (non-hydrogen) atoms. The molecule has 0 radical (unpaired) electrons. The second-order valence-corrected chi connectivity index (χ2v) is 5.30. The molecule has 1 unspecified atom stereocenters. The van der Waals surface area contributed by atoms with E-state index >= 15 is 0 Å². The monoisotopic (exact) mass is 274 g/mol. The fourth-order valence-corrected chi connectivity index (χ4v) is 2.98. The predicted molar refractivity (Wildman–Crippen MR) is 77.9 cm³/mol. The number of hydrogen-bond acceptors (Lipinski definition) is 2. The van der Waals surface area contributed by atoms with Crippen molar-refractivity contribution in [1.29, 1.82) is 0 Å². The molecule has 0 saturated heterocycles. The Bertz CT molecular complexity index is 509. The Morgan fingerprint density at radius 3 is 2.55 bits per heavy atom. The third kappa shape index (κ3) is 2.55. The zero-order chi connectivity index (χ0) is 14.7. The minimum atomic E-state index is -0.618. The van der Waals surface area contributed by atoms with Crippen LogP contribution in [-0.4, -0.2) is 23.3 Å². The van der Waals surface area contributed by atoms with Crippen LogP contribution in [0.5, 0.6) is 0 Å². The first-order valence-corrected chi connectivity index (χ1v) is 7.27.